The molecule has 0 bridgehead atoms. The van der Waals surface area contributed by atoms with Crippen molar-refractivity contribution in [2.45, 2.75) is 42.6 Å². The summed E-state index contributed by atoms with van der Waals surface area (Å²) in [6.45, 7) is 5.36. The van der Waals surface area contributed by atoms with Gasteiger partial charge in [0.2, 0.25) is 5.91 Å². The first kappa shape index (κ1) is 35.5. The Hall–Kier alpha value is -6.52. The lowest BCUT2D eigenvalue weighted by atomic mass is 9.65. The highest BCUT2D eigenvalue weighted by molar-refractivity contribution is 6.24. The first-order valence-corrected chi connectivity index (χ1v) is 18.2. The van der Waals surface area contributed by atoms with E-state index in [0.29, 0.717) is 16.7 Å². The second kappa shape index (κ2) is 14.4. The standard InChI is InChI=1S/C45H39N3O7/c1-3-27-54-41(50)36-38-42(51)55-39(31-19-11-6-12-20-31)37(30-17-9-5-10-18-30)48(38)40(32-23-25-33(49)26-24-32)45(36)34-21-13-14-22-35(34)47(43(45)52)44(53)46-28(2)29-15-7-4-8-16-29/h3-26,28,36-40,49H,1,27H2,2H3,(H,46,53). The molecule has 2 fully saturated rings. The number of amides is 3. The normalized spacial score (nSPS) is 24.7. The van der Waals surface area contributed by atoms with E-state index in [2.05, 4.69) is 11.9 Å². The number of cyclic esters (lactones) is 1. The van der Waals surface area contributed by atoms with Crippen molar-refractivity contribution in [3.8, 4) is 5.75 Å². The van der Waals surface area contributed by atoms with Crippen molar-refractivity contribution in [3.05, 3.63) is 180 Å². The molecule has 3 aliphatic rings. The van der Waals surface area contributed by atoms with Gasteiger partial charge in [0.15, 0.2) is 0 Å². The van der Waals surface area contributed by atoms with E-state index in [0.717, 1.165) is 16.0 Å². The van der Waals surface area contributed by atoms with Gasteiger partial charge in [-0.05, 0) is 52.9 Å². The average Bonchev–Trinajstić information content (AvgIpc) is 3.67. The number of nitrogens with one attached hydrogen (secondary N) is 1. The smallest absolute Gasteiger partial charge is 0.329 e. The van der Waals surface area contributed by atoms with Gasteiger partial charge < -0.3 is 19.9 Å². The third-order valence-corrected chi connectivity index (χ3v) is 11.0. The molecule has 10 nitrogen and oxygen atoms in total. The number of esters is 2. The van der Waals surface area contributed by atoms with Crippen LogP contribution in [0.3, 0.4) is 0 Å². The van der Waals surface area contributed by atoms with Crippen LogP contribution in [0.5, 0.6) is 5.75 Å². The third-order valence-electron chi connectivity index (χ3n) is 11.0. The summed E-state index contributed by atoms with van der Waals surface area (Å²) in [6.07, 6.45) is 0.561. The summed E-state index contributed by atoms with van der Waals surface area (Å²) < 4.78 is 12.2. The Morgan fingerprint density at radius 1 is 0.818 bits per heavy atom. The van der Waals surface area contributed by atoms with Gasteiger partial charge >= 0.3 is 18.0 Å². The predicted octanol–water partition coefficient (Wildman–Crippen LogP) is 7.26. The minimum atomic E-state index is -1.90. The summed E-state index contributed by atoms with van der Waals surface area (Å²) in [4.78, 5) is 62.9. The van der Waals surface area contributed by atoms with Gasteiger partial charge in [0.25, 0.3) is 0 Å². The fraction of sp³-hybridized carbons (Fsp3) is 0.200. The number of aromatic hydroxyl groups is 1. The molecule has 2 saturated heterocycles. The molecule has 0 saturated carbocycles. The highest BCUT2D eigenvalue weighted by atomic mass is 16.6. The molecule has 7 unspecified atom stereocenters. The topological polar surface area (TPSA) is 125 Å². The maximum Gasteiger partial charge on any atom is 0.329 e. The quantitative estimate of drug-likeness (QED) is 0.126. The highest BCUT2D eigenvalue weighted by Gasteiger charge is 2.76. The van der Waals surface area contributed by atoms with Gasteiger partial charge in [-0.15, -0.1) is 0 Å². The number of fused-ring (bicyclic) bond motifs is 3. The number of benzene rings is 5. The molecule has 2 N–H and O–H groups in total. The first-order chi connectivity index (χ1) is 26.8. The number of ether oxygens (including phenoxy) is 2. The van der Waals surface area contributed by atoms with Gasteiger partial charge in [0.1, 0.15) is 35.8 Å². The Bertz CT molecular complexity index is 2250. The van der Waals surface area contributed by atoms with Crippen molar-refractivity contribution in [1.29, 1.82) is 0 Å². The number of carbonyl (C=O) groups excluding carboxylic acids is 4. The molecule has 8 rings (SSSR count). The number of para-hydroxylation sites is 1. The van der Waals surface area contributed by atoms with Crippen LogP contribution in [0.4, 0.5) is 10.5 Å². The molecule has 0 aromatic heterocycles. The van der Waals surface area contributed by atoms with Crippen LogP contribution in [0.1, 0.15) is 59.0 Å². The Balaban J connectivity index is 1.39. The molecule has 55 heavy (non-hydrogen) atoms. The van der Waals surface area contributed by atoms with Crippen LogP contribution in [0.15, 0.2) is 152 Å². The van der Waals surface area contributed by atoms with E-state index in [1.807, 2.05) is 103 Å². The van der Waals surface area contributed by atoms with Gasteiger partial charge in [-0.3, -0.25) is 19.3 Å². The monoisotopic (exact) mass is 733 g/mol. The number of imide groups is 1. The Morgan fingerprint density at radius 2 is 1.42 bits per heavy atom. The number of carbonyl (C=O) groups is 4. The molecule has 3 amide bonds. The molecule has 5 aromatic carbocycles. The number of hydrogen-bond donors (Lipinski definition) is 2. The number of hydrogen-bond acceptors (Lipinski definition) is 8. The number of urea groups is 1. The number of phenolic OH excluding ortho intramolecular Hbond substituents is 1. The number of anilines is 1. The summed E-state index contributed by atoms with van der Waals surface area (Å²) in [5.74, 6) is -3.73. The second-order valence-electron chi connectivity index (χ2n) is 14.0. The molecule has 0 aliphatic carbocycles. The maximum atomic E-state index is 15.8. The van der Waals surface area contributed by atoms with E-state index in [1.165, 1.54) is 18.2 Å². The van der Waals surface area contributed by atoms with Gasteiger partial charge in [0.05, 0.1) is 23.8 Å². The Kier molecular flexibility index (Phi) is 9.28. The summed E-state index contributed by atoms with van der Waals surface area (Å²) in [7, 11) is 0. The van der Waals surface area contributed by atoms with Crippen LogP contribution in [0, 0.1) is 5.92 Å². The highest BCUT2D eigenvalue weighted by Crippen LogP contribution is 2.66. The molecule has 3 aliphatic heterocycles. The van der Waals surface area contributed by atoms with E-state index in [9.17, 15) is 19.5 Å². The van der Waals surface area contributed by atoms with E-state index >= 15 is 4.79 Å². The van der Waals surface area contributed by atoms with E-state index < -0.39 is 65.5 Å². The van der Waals surface area contributed by atoms with Crippen LogP contribution in [0.25, 0.3) is 0 Å². The maximum absolute atomic E-state index is 15.8. The minimum Gasteiger partial charge on any atom is -0.508 e. The zero-order valence-corrected chi connectivity index (χ0v) is 30.0. The summed E-state index contributed by atoms with van der Waals surface area (Å²) in [5, 5.41) is 13.5. The summed E-state index contributed by atoms with van der Waals surface area (Å²) >= 11 is 0. The zero-order valence-electron chi connectivity index (χ0n) is 30.0. The van der Waals surface area contributed by atoms with Crippen LogP contribution in [-0.2, 0) is 29.3 Å². The molecule has 7 atom stereocenters. The van der Waals surface area contributed by atoms with Gasteiger partial charge in [-0.2, -0.15) is 0 Å². The molecule has 0 radical (unpaired) electrons. The molecule has 1 spiro atoms. The van der Waals surface area contributed by atoms with E-state index in [1.54, 1.807) is 36.4 Å². The number of morpholine rings is 1. The van der Waals surface area contributed by atoms with Crippen LogP contribution >= 0.6 is 0 Å². The van der Waals surface area contributed by atoms with Crippen molar-refractivity contribution in [2.75, 3.05) is 11.5 Å². The molecule has 3 heterocycles. The lowest BCUT2D eigenvalue weighted by Crippen LogP contribution is -2.54. The van der Waals surface area contributed by atoms with Crippen LogP contribution in [0.2, 0.25) is 0 Å². The fourth-order valence-electron chi connectivity index (χ4n) is 8.79. The van der Waals surface area contributed by atoms with Crippen molar-refractivity contribution in [1.82, 2.24) is 10.2 Å². The average molecular weight is 734 g/mol. The van der Waals surface area contributed by atoms with Gasteiger partial charge in [-0.1, -0.05) is 134 Å². The SMILES string of the molecule is C=CCOC(=O)C1C2C(=O)OC(c3ccccc3)C(c3ccccc3)N2C(c2ccc(O)cc2)C12C(=O)N(C(=O)NC(C)c1ccccc1)c1ccccc12. The van der Waals surface area contributed by atoms with Crippen LogP contribution < -0.4 is 10.2 Å². The lowest BCUT2D eigenvalue weighted by Gasteiger charge is -2.46. The zero-order chi connectivity index (χ0) is 38.3. The Labute approximate surface area is 318 Å². The third kappa shape index (κ3) is 5.77. The van der Waals surface area contributed by atoms with Crippen molar-refractivity contribution < 1.29 is 33.8 Å². The van der Waals surface area contributed by atoms with E-state index in [4.69, 9.17) is 9.47 Å². The lowest BCUT2D eigenvalue weighted by molar-refractivity contribution is -0.180. The fourth-order valence-corrected chi connectivity index (χ4v) is 8.79. The van der Waals surface area contributed by atoms with Crippen molar-refractivity contribution in [3.63, 3.8) is 0 Å². The Morgan fingerprint density at radius 3 is 2.07 bits per heavy atom. The molecule has 10 heteroatoms. The minimum absolute atomic E-state index is 0.0110. The number of rotatable bonds is 8. The van der Waals surface area contributed by atoms with Crippen molar-refractivity contribution in [2.24, 2.45) is 5.92 Å². The van der Waals surface area contributed by atoms with Crippen molar-refractivity contribution >= 4 is 29.6 Å². The van der Waals surface area contributed by atoms with Gasteiger partial charge in [0, 0.05) is 0 Å². The van der Waals surface area contributed by atoms with Gasteiger partial charge in [-0.25, -0.2) is 9.69 Å². The molecule has 276 valence electrons. The molecular weight excluding hydrogens is 695 g/mol. The number of nitrogens with zero attached hydrogens (tertiary/aromatic N) is 2. The second-order valence-corrected chi connectivity index (χ2v) is 14.0. The van der Waals surface area contributed by atoms with E-state index in [-0.39, 0.29) is 18.0 Å². The molecular formula is C45H39N3O7. The number of phenols is 1. The molecule has 5 aromatic rings. The predicted molar refractivity (Wildman–Crippen MR) is 205 cm³/mol. The first-order valence-electron chi connectivity index (χ1n) is 18.2. The largest absolute Gasteiger partial charge is 0.508 e. The van der Waals surface area contributed by atoms with Crippen LogP contribution in [-0.4, -0.2) is 46.5 Å². The summed E-state index contributed by atoms with van der Waals surface area (Å²) in [6, 6.07) is 37.2. The summed E-state index contributed by atoms with van der Waals surface area (Å²) in [5.41, 5.74) is 1.61.